The molecule has 0 fully saturated rings. The largest absolute Gasteiger partial charge is 0.490 e. The van der Waals surface area contributed by atoms with Gasteiger partial charge in [-0.3, -0.25) is 4.79 Å². The molecule has 2 aromatic rings. The molecule has 0 aliphatic carbocycles. The Morgan fingerprint density at radius 1 is 1.04 bits per heavy atom. The number of nitrogens with one attached hydrogen (secondary N) is 1. The summed E-state index contributed by atoms with van der Waals surface area (Å²) in [5, 5.41) is 3.21. The van der Waals surface area contributed by atoms with Crippen LogP contribution in [0.2, 0.25) is 0 Å². The molecule has 2 aromatic carbocycles. The van der Waals surface area contributed by atoms with Crippen LogP contribution in [0, 0.1) is 5.92 Å². The first-order chi connectivity index (χ1) is 13.1. The summed E-state index contributed by atoms with van der Waals surface area (Å²) in [6.07, 6.45) is 3.19. The zero-order valence-electron chi connectivity index (χ0n) is 16.2. The summed E-state index contributed by atoms with van der Waals surface area (Å²) >= 11 is 0. The maximum absolute atomic E-state index is 12.5. The third-order valence-electron chi connectivity index (χ3n) is 4.83. The first kappa shape index (κ1) is 19.3. The fourth-order valence-corrected chi connectivity index (χ4v) is 3.35. The van der Waals surface area contributed by atoms with Crippen molar-refractivity contribution >= 4 is 5.91 Å². The minimum absolute atomic E-state index is 0.0358. The quantitative estimate of drug-likeness (QED) is 0.773. The van der Waals surface area contributed by atoms with Crippen molar-refractivity contribution in [3.63, 3.8) is 0 Å². The number of carbonyl (C=O) groups is 1. The second kappa shape index (κ2) is 9.45. The number of aryl methyl sites for hydroxylation is 1. The molecule has 1 aliphatic heterocycles. The summed E-state index contributed by atoms with van der Waals surface area (Å²) in [6.45, 7) is 5.59. The summed E-state index contributed by atoms with van der Waals surface area (Å²) in [7, 11) is 0. The van der Waals surface area contributed by atoms with Gasteiger partial charge in [-0.25, -0.2) is 0 Å². The lowest BCUT2D eigenvalue weighted by molar-refractivity contribution is -0.122. The third-order valence-corrected chi connectivity index (χ3v) is 4.83. The number of rotatable bonds is 7. The van der Waals surface area contributed by atoms with Crippen LogP contribution in [0.4, 0.5) is 0 Å². The Bertz CT molecular complexity index is 743. The Morgan fingerprint density at radius 3 is 2.52 bits per heavy atom. The molecule has 0 spiro atoms. The van der Waals surface area contributed by atoms with E-state index in [1.807, 2.05) is 36.4 Å². The number of amides is 1. The van der Waals surface area contributed by atoms with Crippen LogP contribution in [0.25, 0.3) is 0 Å². The van der Waals surface area contributed by atoms with E-state index in [2.05, 4.69) is 31.3 Å². The summed E-state index contributed by atoms with van der Waals surface area (Å²) < 4.78 is 11.5. The predicted octanol–water partition coefficient (Wildman–Crippen LogP) is 4.68. The van der Waals surface area contributed by atoms with E-state index in [1.165, 1.54) is 5.56 Å². The normalized spacial score (nSPS) is 14.5. The molecular formula is C23H29NO3. The monoisotopic (exact) mass is 367 g/mol. The summed E-state index contributed by atoms with van der Waals surface area (Å²) in [4.78, 5) is 12.5. The molecule has 0 radical (unpaired) electrons. The van der Waals surface area contributed by atoms with Crippen LogP contribution < -0.4 is 14.8 Å². The average molecular weight is 367 g/mol. The number of hydrogen-bond donors (Lipinski definition) is 1. The SMILES string of the molecule is CC(C)[C@@H](NC(=O)CCCc1ccccc1)c1ccc2c(c1)OCCCO2. The van der Waals surface area contributed by atoms with E-state index in [0.717, 1.165) is 36.3 Å². The zero-order valence-corrected chi connectivity index (χ0v) is 16.2. The van der Waals surface area contributed by atoms with E-state index < -0.39 is 0 Å². The van der Waals surface area contributed by atoms with Crippen molar-refractivity contribution in [3.05, 3.63) is 59.7 Å². The van der Waals surface area contributed by atoms with Crippen molar-refractivity contribution in [2.45, 2.75) is 45.6 Å². The lowest BCUT2D eigenvalue weighted by atomic mass is 9.95. The fraction of sp³-hybridized carbons (Fsp3) is 0.435. The molecule has 3 rings (SSSR count). The summed E-state index contributed by atoms with van der Waals surface area (Å²) in [6, 6.07) is 16.2. The van der Waals surface area contributed by atoms with Crippen molar-refractivity contribution in [2.75, 3.05) is 13.2 Å². The van der Waals surface area contributed by atoms with Crippen LogP contribution >= 0.6 is 0 Å². The van der Waals surface area contributed by atoms with Gasteiger partial charge in [0.15, 0.2) is 11.5 Å². The van der Waals surface area contributed by atoms with Gasteiger partial charge in [-0.2, -0.15) is 0 Å². The van der Waals surface area contributed by atoms with Gasteiger partial charge in [-0.15, -0.1) is 0 Å². The Labute approximate surface area is 161 Å². The minimum atomic E-state index is -0.0358. The highest BCUT2D eigenvalue weighted by Gasteiger charge is 2.21. The van der Waals surface area contributed by atoms with Crippen LogP contribution in [-0.2, 0) is 11.2 Å². The van der Waals surface area contributed by atoms with E-state index in [-0.39, 0.29) is 17.9 Å². The number of hydrogen-bond acceptors (Lipinski definition) is 3. The molecule has 4 nitrogen and oxygen atoms in total. The molecule has 0 aromatic heterocycles. The van der Waals surface area contributed by atoms with Gasteiger partial charge >= 0.3 is 0 Å². The first-order valence-corrected chi connectivity index (χ1v) is 9.86. The van der Waals surface area contributed by atoms with Crippen LogP contribution in [-0.4, -0.2) is 19.1 Å². The second-order valence-corrected chi connectivity index (χ2v) is 7.39. The molecule has 1 heterocycles. The van der Waals surface area contributed by atoms with Gasteiger partial charge in [0, 0.05) is 12.8 Å². The Balaban J connectivity index is 1.60. The standard InChI is InChI=1S/C23H29NO3/c1-17(2)23(19-12-13-20-21(16-19)27-15-7-14-26-20)24-22(25)11-6-10-18-8-4-3-5-9-18/h3-5,8-9,12-13,16-17,23H,6-7,10-11,14-15H2,1-2H3,(H,24,25)/t23-/m1/s1. The number of ether oxygens (including phenoxy) is 2. The Hall–Kier alpha value is -2.49. The minimum Gasteiger partial charge on any atom is -0.490 e. The maximum atomic E-state index is 12.5. The molecule has 1 amide bonds. The number of carbonyl (C=O) groups excluding carboxylic acids is 1. The van der Waals surface area contributed by atoms with E-state index in [1.54, 1.807) is 0 Å². The lowest BCUT2D eigenvalue weighted by Gasteiger charge is -2.24. The smallest absolute Gasteiger partial charge is 0.220 e. The van der Waals surface area contributed by atoms with Gasteiger partial charge < -0.3 is 14.8 Å². The Morgan fingerprint density at radius 2 is 1.78 bits per heavy atom. The van der Waals surface area contributed by atoms with E-state index >= 15 is 0 Å². The highest BCUT2D eigenvalue weighted by atomic mass is 16.5. The van der Waals surface area contributed by atoms with Crippen LogP contribution in [0.15, 0.2) is 48.5 Å². The van der Waals surface area contributed by atoms with Gasteiger partial charge in [0.25, 0.3) is 0 Å². The van der Waals surface area contributed by atoms with Crippen LogP contribution in [0.5, 0.6) is 11.5 Å². The van der Waals surface area contributed by atoms with Gasteiger partial charge in [0.1, 0.15) is 0 Å². The average Bonchev–Trinajstić information content (AvgIpc) is 2.91. The first-order valence-electron chi connectivity index (χ1n) is 9.86. The lowest BCUT2D eigenvalue weighted by Crippen LogP contribution is -2.31. The summed E-state index contributed by atoms with van der Waals surface area (Å²) in [5.74, 6) is 1.94. The van der Waals surface area contributed by atoms with Crippen LogP contribution in [0.1, 0.15) is 50.3 Å². The summed E-state index contributed by atoms with van der Waals surface area (Å²) in [5.41, 5.74) is 2.33. The molecule has 144 valence electrons. The molecular weight excluding hydrogens is 338 g/mol. The van der Waals surface area contributed by atoms with Gasteiger partial charge in [0.05, 0.1) is 19.3 Å². The van der Waals surface area contributed by atoms with Crippen molar-refractivity contribution in [1.29, 1.82) is 0 Å². The van der Waals surface area contributed by atoms with Gasteiger partial charge in [-0.05, 0) is 42.0 Å². The van der Waals surface area contributed by atoms with Crippen LogP contribution in [0.3, 0.4) is 0 Å². The van der Waals surface area contributed by atoms with Crippen molar-refractivity contribution in [1.82, 2.24) is 5.32 Å². The number of fused-ring (bicyclic) bond motifs is 1. The Kier molecular flexibility index (Phi) is 6.74. The molecule has 1 atom stereocenters. The molecule has 0 bridgehead atoms. The second-order valence-electron chi connectivity index (χ2n) is 7.39. The van der Waals surface area contributed by atoms with E-state index in [4.69, 9.17) is 9.47 Å². The number of benzene rings is 2. The molecule has 1 N–H and O–H groups in total. The van der Waals surface area contributed by atoms with Gasteiger partial charge in [0.2, 0.25) is 5.91 Å². The highest BCUT2D eigenvalue weighted by molar-refractivity contribution is 5.76. The zero-order chi connectivity index (χ0) is 19.1. The molecule has 4 heteroatoms. The fourth-order valence-electron chi connectivity index (χ4n) is 3.35. The van der Waals surface area contributed by atoms with Crippen molar-refractivity contribution in [3.8, 4) is 11.5 Å². The van der Waals surface area contributed by atoms with E-state index in [9.17, 15) is 4.79 Å². The maximum Gasteiger partial charge on any atom is 0.220 e. The predicted molar refractivity (Wildman–Crippen MR) is 107 cm³/mol. The van der Waals surface area contributed by atoms with E-state index in [0.29, 0.717) is 19.6 Å². The van der Waals surface area contributed by atoms with Crippen molar-refractivity contribution < 1.29 is 14.3 Å². The molecule has 27 heavy (non-hydrogen) atoms. The molecule has 0 saturated carbocycles. The molecule has 0 saturated heterocycles. The third kappa shape index (κ3) is 5.49. The highest BCUT2D eigenvalue weighted by Crippen LogP contribution is 2.34. The topological polar surface area (TPSA) is 47.6 Å². The van der Waals surface area contributed by atoms with Crippen molar-refractivity contribution in [2.24, 2.45) is 5.92 Å². The molecule has 0 unspecified atom stereocenters. The van der Waals surface area contributed by atoms with Gasteiger partial charge in [-0.1, -0.05) is 50.2 Å². The molecule has 1 aliphatic rings.